The second-order valence-corrected chi connectivity index (χ2v) is 6.20. The van der Waals surface area contributed by atoms with Crippen molar-refractivity contribution in [3.63, 3.8) is 0 Å². The zero-order valence-electron chi connectivity index (χ0n) is 13.8. The molecule has 4 rings (SSSR count). The highest BCUT2D eigenvalue weighted by atomic mass is 16.1. The van der Waals surface area contributed by atoms with Crippen molar-refractivity contribution in [3.8, 4) is 17.5 Å². The lowest BCUT2D eigenvalue weighted by Crippen LogP contribution is -2.14. The number of imidazole rings is 1. The van der Waals surface area contributed by atoms with Crippen LogP contribution in [0.25, 0.3) is 16.8 Å². The average molecular weight is 348 g/mol. The van der Waals surface area contributed by atoms with Crippen molar-refractivity contribution < 1.29 is 4.79 Å². The number of likely N-dealkylation sites (tertiary alicyclic amines) is 1. The topological polar surface area (TPSA) is 139 Å². The quantitative estimate of drug-likeness (QED) is 0.665. The molecule has 1 amide bonds. The Morgan fingerprint density at radius 3 is 2.73 bits per heavy atom. The number of nitrogens with two attached hydrogens (primary N) is 2. The zero-order chi connectivity index (χ0) is 18.3. The summed E-state index contributed by atoms with van der Waals surface area (Å²) < 4.78 is 1.70. The predicted octanol–water partition coefficient (Wildman–Crippen LogP) is 0.743. The first-order valence-corrected chi connectivity index (χ1v) is 8.12. The first-order chi connectivity index (χ1) is 12.6. The van der Waals surface area contributed by atoms with Crippen molar-refractivity contribution in [1.29, 1.82) is 5.26 Å². The molecule has 130 valence electrons. The van der Waals surface area contributed by atoms with Crippen molar-refractivity contribution in [1.82, 2.24) is 24.5 Å². The van der Waals surface area contributed by atoms with Gasteiger partial charge in [-0.3, -0.25) is 4.79 Å². The maximum absolute atomic E-state index is 11.3. The number of primary amides is 1. The van der Waals surface area contributed by atoms with Crippen LogP contribution in [0, 0.1) is 11.5 Å². The number of nitrogen functional groups attached to an aromatic ring is 1. The normalized spacial score (nSPS) is 16.7. The monoisotopic (exact) mass is 348 g/mol. The number of nitrogens with zero attached hydrogens (tertiary/aromatic N) is 6. The number of fused-ring (bicyclic) bond motifs is 1. The van der Waals surface area contributed by atoms with Gasteiger partial charge in [-0.15, -0.1) is 0 Å². The van der Waals surface area contributed by atoms with E-state index in [-0.39, 0.29) is 5.92 Å². The van der Waals surface area contributed by atoms with Gasteiger partial charge >= 0.3 is 0 Å². The first kappa shape index (κ1) is 15.8. The van der Waals surface area contributed by atoms with E-state index in [4.69, 9.17) is 21.7 Å². The van der Waals surface area contributed by atoms with Gasteiger partial charge in [0.15, 0.2) is 12.0 Å². The van der Waals surface area contributed by atoms with Gasteiger partial charge in [0.1, 0.15) is 23.4 Å². The number of anilines is 1. The van der Waals surface area contributed by atoms with Crippen LogP contribution in [0.2, 0.25) is 0 Å². The molecule has 26 heavy (non-hydrogen) atoms. The molecule has 2 aromatic heterocycles. The summed E-state index contributed by atoms with van der Waals surface area (Å²) in [6.45, 7) is 1.29. The van der Waals surface area contributed by atoms with Crippen molar-refractivity contribution in [2.75, 3.05) is 18.8 Å². The van der Waals surface area contributed by atoms with Crippen LogP contribution < -0.4 is 11.5 Å². The van der Waals surface area contributed by atoms with Gasteiger partial charge in [0.25, 0.3) is 0 Å². The zero-order valence-corrected chi connectivity index (χ0v) is 13.8. The van der Waals surface area contributed by atoms with Gasteiger partial charge in [0, 0.05) is 30.1 Å². The minimum Gasteiger partial charge on any atom is -0.382 e. The van der Waals surface area contributed by atoms with Gasteiger partial charge in [-0.2, -0.15) is 10.4 Å². The van der Waals surface area contributed by atoms with E-state index >= 15 is 0 Å². The third-order valence-electron chi connectivity index (χ3n) is 4.62. The number of hydrogen-bond donors (Lipinski definition) is 2. The molecule has 1 fully saturated rings. The van der Waals surface area contributed by atoms with Gasteiger partial charge < -0.3 is 16.4 Å². The third-order valence-corrected chi connectivity index (χ3v) is 4.62. The molecule has 0 aliphatic carbocycles. The second-order valence-electron chi connectivity index (χ2n) is 6.20. The predicted molar refractivity (Wildman–Crippen MR) is 93.7 cm³/mol. The summed E-state index contributed by atoms with van der Waals surface area (Å²) in [7, 11) is 0. The molecule has 1 saturated heterocycles. The Balaban J connectivity index is 1.85. The van der Waals surface area contributed by atoms with Crippen molar-refractivity contribution in [2.45, 2.75) is 12.3 Å². The summed E-state index contributed by atoms with van der Waals surface area (Å²) in [5, 5.41) is 13.4. The van der Waals surface area contributed by atoms with Crippen LogP contribution in [0.1, 0.15) is 28.5 Å². The lowest BCUT2D eigenvalue weighted by atomic mass is 10.1. The number of nitriles is 1. The molecule has 0 saturated carbocycles. The lowest BCUT2D eigenvalue weighted by Gasteiger charge is -2.08. The van der Waals surface area contributed by atoms with Gasteiger partial charge in [-0.1, -0.05) is 12.1 Å². The Bertz CT molecular complexity index is 1030. The molecule has 0 bridgehead atoms. The molecule has 9 heteroatoms. The van der Waals surface area contributed by atoms with Gasteiger partial charge in [-0.25, -0.2) is 14.5 Å². The molecule has 1 aliphatic rings. The Kier molecular flexibility index (Phi) is 3.65. The summed E-state index contributed by atoms with van der Waals surface area (Å²) in [4.78, 5) is 21.8. The Hall–Kier alpha value is -3.67. The minimum absolute atomic E-state index is 0.0788. The van der Waals surface area contributed by atoms with E-state index in [0.29, 0.717) is 35.7 Å². The second kappa shape index (κ2) is 6.00. The SMILES string of the molecule is N#CN1CCC(c2nc(-c3ccc(C(N)=O)cc3)c3c(N)ncnn23)C1. The molecule has 3 aromatic rings. The van der Waals surface area contributed by atoms with E-state index < -0.39 is 5.91 Å². The van der Waals surface area contributed by atoms with Crippen LogP contribution in [-0.2, 0) is 0 Å². The molecule has 1 aromatic carbocycles. The van der Waals surface area contributed by atoms with E-state index in [1.54, 1.807) is 33.7 Å². The lowest BCUT2D eigenvalue weighted by molar-refractivity contribution is 0.100. The molecular weight excluding hydrogens is 332 g/mol. The fourth-order valence-electron chi connectivity index (χ4n) is 3.30. The van der Waals surface area contributed by atoms with Crippen LogP contribution >= 0.6 is 0 Å². The van der Waals surface area contributed by atoms with Gasteiger partial charge in [0.05, 0.1) is 0 Å². The van der Waals surface area contributed by atoms with Gasteiger partial charge in [-0.05, 0) is 18.6 Å². The van der Waals surface area contributed by atoms with E-state index in [1.165, 1.54) is 6.33 Å². The molecular formula is C17H16N8O. The number of aromatic nitrogens is 4. The number of benzene rings is 1. The smallest absolute Gasteiger partial charge is 0.248 e. The van der Waals surface area contributed by atoms with E-state index in [0.717, 1.165) is 17.8 Å². The Labute approximate surface area is 148 Å². The molecule has 3 heterocycles. The number of amides is 1. The molecule has 0 radical (unpaired) electrons. The summed E-state index contributed by atoms with van der Waals surface area (Å²) >= 11 is 0. The molecule has 1 unspecified atom stereocenters. The van der Waals surface area contributed by atoms with Crippen molar-refractivity contribution in [3.05, 3.63) is 42.0 Å². The van der Waals surface area contributed by atoms with E-state index in [9.17, 15) is 4.79 Å². The molecule has 4 N–H and O–H groups in total. The number of carbonyl (C=O) groups excluding carboxylic acids is 1. The summed E-state index contributed by atoms with van der Waals surface area (Å²) in [5.74, 6) is 0.663. The Morgan fingerprint density at radius 1 is 1.31 bits per heavy atom. The minimum atomic E-state index is -0.489. The maximum Gasteiger partial charge on any atom is 0.248 e. The van der Waals surface area contributed by atoms with Crippen molar-refractivity contribution in [2.24, 2.45) is 5.73 Å². The fourth-order valence-corrected chi connectivity index (χ4v) is 3.30. The van der Waals surface area contributed by atoms with Crippen LogP contribution in [0.3, 0.4) is 0 Å². The van der Waals surface area contributed by atoms with E-state index in [1.807, 2.05) is 0 Å². The Morgan fingerprint density at radius 2 is 2.08 bits per heavy atom. The first-order valence-electron chi connectivity index (χ1n) is 8.12. The van der Waals surface area contributed by atoms with Gasteiger partial charge in [0.2, 0.25) is 5.91 Å². The fraction of sp³-hybridized carbons (Fsp3) is 0.235. The number of hydrogen-bond acceptors (Lipinski definition) is 7. The highest BCUT2D eigenvalue weighted by Crippen LogP contribution is 2.33. The van der Waals surface area contributed by atoms with E-state index in [2.05, 4.69) is 16.3 Å². The average Bonchev–Trinajstić information content (AvgIpc) is 3.27. The molecule has 1 atom stereocenters. The summed E-state index contributed by atoms with van der Waals surface area (Å²) in [5.41, 5.74) is 13.9. The van der Waals surface area contributed by atoms with Crippen molar-refractivity contribution >= 4 is 17.2 Å². The largest absolute Gasteiger partial charge is 0.382 e. The third kappa shape index (κ3) is 2.48. The maximum atomic E-state index is 11.3. The summed E-state index contributed by atoms with van der Waals surface area (Å²) in [6.07, 6.45) is 4.38. The number of rotatable bonds is 3. The van der Waals surface area contributed by atoms with Crippen LogP contribution in [0.4, 0.5) is 5.82 Å². The van der Waals surface area contributed by atoms with Crippen LogP contribution in [0.15, 0.2) is 30.6 Å². The van der Waals surface area contributed by atoms with Crippen LogP contribution in [-0.4, -0.2) is 43.5 Å². The standard InChI is InChI=1S/C17H16N8O/c18-8-24-6-5-12(7-24)17-23-13(14-15(19)21-9-22-25(14)17)10-1-3-11(4-2-10)16(20)26/h1-4,9,12H,5-7H2,(H2,20,26)(H2,19,21,22). The summed E-state index contributed by atoms with van der Waals surface area (Å²) in [6, 6.07) is 6.84. The highest BCUT2D eigenvalue weighted by Gasteiger charge is 2.29. The molecule has 1 aliphatic heterocycles. The van der Waals surface area contributed by atoms with Crippen LogP contribution in [0.5, 0.6) is 0 Å². The molecule has 9 nitrogen and oxygen atoms in total. The number of carbonyl (C=O) groups is 1. The molecule has 0 spiro atoms. The highest BCUT2D eigenvalue weighted by molar-refractivity contribution is 5.94.